The van der Waals surface area contributed by atoms with E-state index in [-0.39, 0.29) is 24.0 Å². The number of hydrogen-bond donors (Lipinski definition) is 2. The fourth-order valence-corrected chi connectivity index (χ4v) is 3.74. The highest BCUT2D eigenvalue weighted by molar-refractivity contribution is 14.0. The van der Waals surface area contributed by atoms with Crippen molar-refractivity contribution in [1.82, 2.24) is 25.3 Å². The number of nitrogens with one attached hydrogen (secondary N) is 2. The summed E-state index contributed by atoms with van der Waals surface area (Å²) in [7, 11) is 2.20. The number of halogens is 1. The van der Waals surface area contributed by atoms with Crippen LogP contribution in [0, 0.1) is 19.8 Å². The fourth-order valence-electron chi connectivity index (χ4n) is 3.74. The van der Waals surface area contributed by atoms with Gasteiger partial charge in [-0.15, -0.1) is 24.0 Å². The summed E-state index contributed by atoms with van der Waals surface area (Å²) < 4.78 is 2.01. The number of aliphatic imine (C=N–C) groups is 1. The molecule has 0 aliphatic carbocycles. The first-order valence-corrected chi connectivity index (χ1v) is 10.4. The van der Waals surface area contributed by atoms with Crippen molar-refractivity contribution in [3.05, 3.63) is 47.3 Å². The van der Waals surface area contributed by atoms with Gasteiger partial charge in [0.05, 0.1) is 17.9 Å². The molecule has 2 N–H and O–H groups in total. The number of hydrogen-bond acceptors (Lipinski definition) is 3. The van der Waals surface area contributed by atoms with Gasteiger partial charge in [0.1, 0.15) is 0 Å². The Morgan fingerprint density at radius 1 is 1.17 bits per heavy atom. The van der Waals surface area contributed by atoms with Crippen LogP contribution in [0.4, 0.5) is 0 Å². The van der Waals surface area contributed by atoms with Gasteiger partial charge in [0.15, 0.2) is 5.96 Å². The molecule has 1 saturated heterocycles. The fraction of sp³-hybridized carbons (Fsp3) is 0.545. The number of likely N-dealkylation sites (tertiary alicyclic amines) is 1. The first-order valence-electron chi connectivity index (χ1n) is 10.4. The summed E-state index contributed by atoms with van der Waals surface area (Å²) >= 11 is 0. The van der Waals surface area contributed by atoms with Crippen molar-refractivity contribution in [2.24, 2.45) is 10.9 Å². The van der Waals surface area contributed by atoms with Crippen LogP contribution >= 0.6 is 24.0 Å². The van der Waals surface area contributed by atoms with Crippen LogP contribution in [-0.4, -0.2) is 53.9 Å². The minimum Gasteiger partial charge on any atom is -0.357 e. The molecule has 0 amide bonds. The Morgan fingerprint density at radius 2 is 1.90 bits per heavy atom. The van der Waals surface area contributed by atoms with E-state index in [0.29, 0.717) is 6.54 Å². The summed E-state index contributed by atoms with van der Waals surface area (Å²) in [6, 6.07) is 10.5. The maximum absolute atomic E-state index is 4.85. The van der Waals surface area contributed by atoms with Gasteiger partial charge in [-0.1, -0.05) is 18.2 Å². The van der Waals surface area contributed by atoms with Crippen LogP contribution in [0.3, 0.4) is 0 Å². The molecule has 1 aromatic heterocycles. The number of aryl methyl sites for hydroxylation is 2. The highest BCUT2D eigenvalue weighted by Crippen LogP contribution is 2.18. The van der Waals surface area contributed by atoms with Gasteiger partial charge in [-0.25, -0.2) is 9.67 Å². The van der Waals surface area contributed by atoms with Crippen LogP contribution in [-0.2, 0) is 6.54 Å². The average molecular weight is 510 g/mol. The molecule has 0 spiro atoms. The SMILES string of the molecule is CCNC(=NCc1ccccc1-n1nc(C)cc1C)NCC1CCN(C)CC1.I. The minimum absolute atomic E-state index is 0. The molecule has 0 atom stereocenters. The van der Waals surface area contributed by atoms with Crippen molar-refractivity contribution in [2.75, 3.05) is 33.2 Å². The van der Waals surface area contributed by atoms with Gasteiger partial charge in [0.25, 0.3) is 0 Å². The molecule has 1 aliphatic heterocycles. The maximum Gasteiger partial charge on any atom is 0.191 e. The minimum atomic E-state index is 0. The molecule has 0 bridgehead atoms. The summed E-state index contributed by atoms with van der Waals surface area (Å²) in [5, 5.41) is 11.6. The third kappa shape index (κ3) is 6.70. The van der Waals surface area contributed by atoms with Crippen molar-refractivity contribution in [3.63, 3.8) is 0 Å². The van der Waals surface area contributed by atoms with E-state index in [4.69, 9.17) is 4.99 Å². The molecular weight excluding hydrogens is 475 g/mol. The third-order valence-corrected chi connectivity index (χ3v) is 5.38. The van der Waals surface area contributed by atoms with Crippen LogP contribution in [0.25, 0.3) is 5.69 Å². The second-order valence-electron chi connectivity index (χ2n) is 7.79. The topological polar surface area (TPSA) is 57.5 Å². The van der Waals surface area contributed by atoms with E-state index >= 15 is 0 Å². The maximum atomic E-state index is 4.85. The summed E-state index contributed by atoms with van der Waals surface area (Å²) in [6.07, 6.45) is 2.51. The van der Waals surface area contributed by atoms with Gasteiger partial charge in [-0.05, 0) is 77.4 Å². The van der Waals surface area contributed by atoms with E-state index in [9.17, 15) is 0 Å². The van der Waals surface area contributed by atoms with Crippen molar-refractivity contribution in [2.45, 2.75) is 40.2 Å². The largest absolute Gasteiger partial charge is 0.357 e. The molecule has 3 rings (SSSR count). The lowest BCUT2D eigenvalue weighted by atomic mass is 9.97. The molecule has 6 nitrogen and oxygen atoms in total. The van der Waals surface area contributed by atoms with Crippen LogP contribution in [0.15, 0.2) is 35.3 Å². The van der Waals surface area contributed by atoms with Crippen LogP contribution in [0.5, 0.6) is 0 Å². The predicted molar refractivity (Wildman–Crippen MR) is 131 cm³/mol. The quantitative estimate of drug-likeness (QED) is 0.355. The van der Waals surface area contributed by atoms with Crippen LogP contribution < -0.4 is 10.6 Å². The van der Waals surface area contributed by atoms with Gasteiger partial charge in [0, 0.05) is 18.8 Å². The second kappa shape index (κ2) is 11.5. The Bertz CT molecular complexity index is 792. The zero-order valence-corrected chi connectivity index (χ0v) is 20.4. The molecule has 2 aromatic rings. The number of benzene rings is 1. The summed E-state index contributed by atoms with van der Waals surface area (Å²) in [6.45, 7) is 11.1. The monoisotopic (exact) mass is 510 g/mol. The molecule has 0 unspecified atom stereocenters. The third-order valence-electron chi connectivity index (χ3n) is 5.38. The number of aromatic nitrogens is 2. The molecule has 1 fully saturated rings. The lowest BCUT2D eigenvalue weighted by Gasteiger charge is -2.29. The Hall–Kier alpha value is -1.61. The lowest BCUT2D eigenvalue weighted by molar-refractivity contribution is 0.220. The van der Waals surface area contributed by atoms with E-state index < -0.39 is 0 Å². The second-order valence-corrected chi connectivity index (χ2v) is 7.79. The highest BCUT2D eigenvalue weighted by Gasteiger charge is 2.16. The van der Waals surface area contributed by atoms with Crippen molar-refractivity contribution in [3.8, 4) is 5.69 Å². The van der Waals surface area contributed by atoms with Gasteiger partial charge < -0.3 is 15.5 Å². The molecule has 29 heavy (non-hydrogen) atoms. The van der Waals surface area contributed by atoms with E-state index in [1.807, 2.05) is 11.6 Å². The number of para-hydroxylation sites is 1. The first-order chi connectivity index (χ1) is 13.6. The summed E-state index contributed by atoms with van der Waals surface area (Å²) in [5.74, 6) is 1.62. The zero-order chi connectivity index (χ0) is 19.9. The molecule has 160 valence electrons. The Morgan fingerprint density at radius 3 is 2.55 bits per heavy atom. The number of piperidine rings is 1. The van der Waals surface area contributed by atoms with Crippen LogP contribution in [0.1, 0.15) is 36.7 Å². The Kier molecular flexibility index (Phi) is 9.42. The number of nitrogens with zero attached hydrogens (tertiary/aromatic N) is 4. The molecule has 1 aromatic carbocycles. The van der Waals surface area contributed by atoms with Crippen molar-refractivity contribution >= 4 is 29.9 Å². The number of guanidine groups is 1. The molecule has 0 saturated carbocycles. The predicted octanol–water partition coefficient (Wildman–Crippen LogP) is 3.50. The first kappa shape index (κ1) is 23.7. The highest BCUT2D eigenvalue weighted by atomic mass is 127. The number of rotatable bonds is 6. The molecule has 0 radical (unpaired) electrons. The van der Waals surface area contributed by atoms with E-state index in [1.165, 1.54) is 31.5 Å². The van der Waals surface area contributed by atoms with Gasteiger partial charge >= 0.3 is 0 Å². The van der Waals surface area contributed by atoms with Gasteiger partial charge in [0.2, 0.25) is 0 Å². The van der Waals surface area contributed by atoms with Crippen molar-refractivity contribution < 1.29 is 0 Å². The summed E-state index contributed by atoms with van der Waals surface area (Å²) in [5.41, 5.74) is 4.44. The normalized spacial score (nSPS) is 15.8. The van der Waals surface area contributed by atoms with Crippen LogP contribution in [0.2, 0.25) is 0 Å². The molecule has 1 aliphatic rings. The zero-order valence-electron chi connectivity index (χ0n) is 18.1. The van der Waals surface area contributed by atoms with Gasteiger partial charge in [-0.3, -0.25) is 0 Å². The summed E-state index contributed by atoms with van der Waals surface area (Å²) in [4.78, 5) is 7.26. The van der Waals surface area contributed by atoms with E-state index in [1.54, 1.807) is 0 Å². The Balaban J connectivity index is 0.00000300. The smallest absolute Gasteiger partial charge is 0.191 e. The average Bonchev–Trinajstić information content (AvgIpc) is 3.03. The van der Waals surface area contributed by atoms with E-state index in [0.717, 1.165) is 42.0 Å². The Labute approximate surface area is 192 Å². The molecular formula is C22H35IN6. The molecule has 2 heterocycles. The van der Waals surface area contributed by atoms with Crippen molar-refractivity contribution in [1.29, 1.82) is 0 Å². The molecule has 7 heteroatoms. The standard InChI is InChI=1S/C22H34N6.HI/c1-5-23-22(24-15-19-10-12-27(4)13-11-19)25-16-20-8-6-7-9-21(20)28-18(3)14-17(2)26-28;/h6-9,14,19H,5,10-13,15-16H2,1-4H3,(H2,23,24,25);1H. The van der Waals surface area contributed by atoms with Gasteiger partial charge in [-0.2, -0.15) is 5.10 Å². The lowest BCUT2D eigenvalue weighted by Crippen LogP contribution is -2.42. The van der Waals surface area contributed by atoms with E-state index in [2.05, 4.69) is 71.9 Å².